The Morgan fingerprint density at radius 3 is 2.64 bits per heavy atom. The number of ether oxygens (including phenoxy) is 3. The van der Waals surface area contributed by atoms with Crippen molar-refractivity contribution in [1.82, 2.24) is 5.32 Å². The molecule has 7 heteroatoms. The van der Waals surface area contributed by atoms with Crippen LogP contribution in [0.5, 0.6) is 0 Å². The lowest BCUT2D eigenvalue weighted by atomic mass is 9.66. The van der Waals surface area contributed by atoms with Gasteiger partial charge < -0.3 is 24.6 Å². The molecule has 3 rings (SSSR count). The summed E-state index contributed by atoms with van der Waals surface area (Å²) >= 11 is 6.20. The molecule has 160 valence electrons. The van der Waals surface area contributed by atoms with Crippen LogP contribution in [0.1, 0.15) is 52.9 Å². The Morgan fingerprint density at radius 1 is 1.36 bits per heavy atom. The Balaban J connectivity index is 1.72. The minimum absolute atomic E-state index is 0.00854. The Labute approximate surface area is 172 Å². The van der Waals surface area contributed by atoms with E-state index in [4.69, 9.17) is 25.8 Å². The number of carbonyl (C=O) groups excluding carboxylic acids is 1. The molecule has 0 aromatic heterocycles. The molecule has 0 bridgehead atoms. The smallest absolute Gasteiger partial charge is 0.320 e. The van der Waals surface area contributed by atoms with Gasteiger partial charge in [-0.05, 0) is 52.9 Å². The summed E-state index contributed by atoms with van der Waals surface area (Å²) in [6, 6.07) is 0.445. The highest BCUT2D eigenvalue weighted by molar-refractivity contribution is 6.18. The van der Waals surface area contributed by atoms with Crippen LogP contribution in [0.4, 0.5) is 0 Å². The molecule has 28 heavy (non-hydrogen) atoms. The van der Waals surface area contributed by atoms with E-state index in [1.807, 2.05) is 6.92 Å². The monoisotopic (exact) mass is 415 g/mol. The third kappa shape index (κ3) is 4.73. The quantitative estimate of drug-likeness (QED) is 0.261. The van der Waals surface area contributed by atoms with Crippen molar-refractivity contribution in [3.63, 3.8) is 0 Å². The summed E-state index contributed by atoms with van der Waals surface area (Å²) in [7, 11) is 1.60. The lowest BCUT2D eigenvalue weighted by molar-refractivity contribution is -0.192. The maximum atomic E-state index is 12.3. The number of epoxide rings is 1. The number of allylic oxidation sites excluding steroid dienone is 1. The van der Waals surface area contributed by atoms with Crippen LogP contribution < -0.4 is 5.32 Å². The normalized spacial score (nSPS) is 40.1. The summed E-state index contributed by atoms with van der Waals surface area (Å²) in [6.45, 7) is 6.32. The first-order chi connectivity index (χ1) is 13.2. The predicted molar refractivity (Wildman–Crippen MR) is 107 cm³/mol. The lowest BCUT2D eigenvalue weighted by Gasteiger charge is -2.48. The van der Waals surface area contributed by atoms with Crippen LogP contribution in [0.25, 0.3) is 0 Å². The van der Waals surface area contributed by atoms with E-state index >= 15 is 0 Å². The van der Waals surface area contributed by atoms with Gasteiger partial charge in [-0.2, -0.15) is 0 Å². The summed E-state index contributed by atoms with van der Waals surface area (Å²) in [5, 5.41) is 14.5. The Hall–Kier alpha value is -0.660. The fraction of sp³-hybridized carbons (Fsp3) is 0.857. The molecule has 2 aliphatic carbocycles. The molecule has 0 spiro atoms. The van der Waals surface area contributed by atoms with Gasteiger partial charge in [0.05, 0.1) is 30.0 Å². The maximum absolute atomic E-state index is 12.3. The molecule has 1 saturated heterocycles. The fourth-order valence-electron chi connectivity index (χ4n) is 4.55. The number of rotatable bonds is 9. The van der Waals surface area contributed by atoms with Crippen LogP contribution in [0.2, 0.25) is 0 Å². The molecule has 6 unspecified atom stereocenters. The standard InChI is InChI=1S/C21H34ClNO5/c1-13(2)5-8-16-20(3,28-16)19-18(26-4)15(9-10-21(19,25)12-22)27-17(24)11-23-14-6-7-14/h5,14-16,18-19,23,25H,6-12H2,1-4H3. The molecule has 2 saturated carbocycles. The fourth-order valence-corrected chi connectivity index (χ4v) is 4.85. The minimum atomic E-state index is -1.12. The van der Waals surface area contributed by atoms with E-state index in [0.717, 1.165) is 19.3 Å². The topological polar surface area (TPSA) is 80.3 Å². The molecule has 3 fully saturated rings. The molecule has 0 aromatic rings. The van der Waals surface area contributed by atoms with E-state index in [1.54, 1.807) is 7.11 Å². The number of carbonyl (C=O) groups is 1. The molecule has 2 N–H and O–H groups in total. The highest BCUT2D eigenvalue weighted by Gasteiger charge is 2.67. The average Bonchev–Trinajstić information content (AvgIpc) is 3.57. The Bertz CT molecular complexity index is 606. The Morgan fingerprint density at radius 2 is 2.07 bits per heavy atom. The lowest BCUT2D eigenvalue weighted by Crippen LogP contribution is -2.61. The van der Waals surface area contributed by atoms with Gasteiger partial charge in [-0.25, -0.2) is 0 Å². The summed E-state index contributed by atoms with van der Waals surface area (Å²) in [5.74, 6) is -0.562. The number of methoxy groups -OCH3 is 1. The maximum Gasteiger partial charge on any atom is 0.320 e. The summed E-state index contributed by atoms with van der Waals surface area (Å²) in [6.07, 6.45) is 5.22. The van der Waals surface area contributed by atoms with E-state index in [9.17, 15) is 9.90 Å². The van der Waals surface area contributed by atoms with Crippen molar-refractivity contribution in [1.29, 1.82) is 0 Å². The van der Waals surface area contributed by atoms with Crippen molar-refractivity contribution in [3.8, 4) is 0 Å². The zero-order chi connectivity index (χ0) is 20.5. The van der Waals surface area contributed by atoms with E-state index in [-0.39, 0.29) is 30.4 Å². The van der Waals surface area contributed by atoms with Crippen LogP contribution in [-0.2, 0) is 19.0 Å². The van der Waals surface area contributed by atoms with Crippen LogP contribution in [0.15, 0.2) is 11.6 Å². The number of alkyl halides is 1. The van der Waals surface area contributed by atoms with E-state index < -0.39 is 23.4 Å². The highest BCUT2D eigenvalue weighted by Crippen LogP contribution is 2.54. The summed E-state index contributed by atoms with van der Waals surface area (Å²) in [4.78, 5) is 12.3. The van der Waals surface area contributed by atoms with E-state index in [2.05, 4.69) is 25.2 Å². The number of hydrogen-bond acceptors (Lipinski definition) is 6. The van der Waals surface area contributed by atoms with Gasteiger partial charge in [0, 0.05) is 13.2 Å². The number of halogens is 1. The van der Waals surface area contributed by atoms with Crippen LogP contribution in [0, 0.1) is 5.92 Å². The zero-order valence-corrected chi connectivity index (χ0v) is 18.1. The van der Waals surface area contributed by atoms with E-state index in [0.29, 0.717) is 18.9 Å². The molecule has 1 heterocycles. The number of hydrogen-bond donors (Lipinski definition) is 2. The number of esters is 1. The second-order valence-corrected chi connectivity index (χ2v) is 9.21. The third-order valence-electron chi connectivity index (χ3n) is 6.37. The van der Waals surface area contributed by atoms with Gasteiger partial charge >= 0.3 is 5.97 Å². The Kier molecular flexibility index (Phi) is 6.77. The first-order valence-corrected chi connectivity index (χ1v) is 10.8. The van der Waals surface area contributed by atoms with Crippen LogP contribution in [-0.4, -0.2) is 66.2 Å². The van der Waals surface area contributed by atoms with Gasteiger partial charge in [0.15, 0.2) is 0 Å². The molecule has 0 aromatic carbocycles. The van der Waals surface area contributed by atoms with Crippen molar-refractivity contribution in [2.75, 3.05) is 19.5 Å². The molecule has 0 radical (unpaired) electrons. The van der Waals surface area contributed by atoms with Gasteiger partial charge in [0.25, 0.3) is 0 Å². The first-order valence-electron chi connectivity index (χ1n) is 10.3. The summed E-state index contributed by atoms with van der Waals surface area (Å²) < 4.78 is 17.6. The molecule has 3 aliphatic rings. The molecular formula is C21H34ClNO5. The van der Waals surface area contributed by atoms with Gasteiger partial charge in [-0.15, -0.1) is 11.6 Å². The second kappa shape index (κ2) is 8.60. The molecule has 0 amide bonds. The van der Waals surface area contributed by atoms with E-state index in [1.165, 1.54) is 5.57 Å². The summed E-state index contributed by atoms with van der Waals surface area (Å²) in [5.41, 5.74) is -0.452. The number of nitrogens with one attached hydrogen (secondary N) is 1. The molecule has 6 nitrogen and oxygen atoms in total. The van der Waals surface area contributed by atoms with Crippen molar-refractivity contribution >= 4 is 17.6 Å². The van der Waals surface area contributed by atoms with Crippen LogP contribution >= 0.6 is 11.6 Å². The minimum Gasteiger partial charge on any atom is -0.459 e. The van der Waals surface area contributed by atoms with Gasteiger partial charge in [0.2, 0.25) is 0 Å². The molecule has 6 atom stereocenters. The van der Waals surface area contributed by atoms with Crippen molar-refractivity contribution in [3.05, 3.63) is 11.6 Å². The largest absolute Gasteiger partial charge is 0.459 e. The van der Waals surface area contributed by atoms with Crippen molar-refractivity contribution in [2.45, 2.75) is 88.4 Å². The van der Waals surface area contributed by atoms with Crippen LogP contribution in [0.3, 0.4) is 0 Å². The zero-order valence-electron chi connectivity index (χ0n) is 17.4. The average molecular weight is 416 g/mol. The number of aliphatic hydroxyl groups is 1. The molecular weight excluding hydrogens is 382 g/mol. The third-order valence-corrected chi connectivity index (χ3v) is 6.83. The van der Waals surface area contributed by atoms with Crippen molar-refractivity contribution < 1.29 is 24.1 Å². The van der Waals surface area contributed by atoms with Crippen molar-refractivity contribution in [2.24, 2.45) is 5.92 Å². The molecule has 1 aliphatic heterocycles. The predicted octanol–water partition coefficient (Wildman–Crippen LogP) is 2.56. The highest BCUT2D eigenvalue weighted by atomic mass is 35.5. The van der Waals surface area contributed by atoms with Gasteiger partial charge in [0.1, 0.15) is 17.8 Å². The SMILES string of the molecule is COC1C(OC(=O)CNC2CC2)CCC(O)(CCl)C1C1(C)OC1CC=C(C)C. The van der Waals surface area contributed by atoms with Gasteiger partial charge in [-0.3, -0.25) is 4.79 Å². The van der Waals surface area contributed by atoms with Gasteiger partial charge in [-0.1, -0.05) is 11.6 Å². The first kappa shape index (κ1) is 22.0. The second-order valence-electron chi connectivity index (χ2n) is 8.94.